The van der Waals surface area contributed by atoms with Crippen molar-refractivity contribution in [2.75, 3.05) is 6.54 Å². The van der Waals surface area contributed by atoms with E-state index in [9.17, 15) is 4.39 Å². The Kier molecular flexibility index (Phi) is 4.90. The first-order valence-electron chi connectivity index (χ1n) is 8.38. The third kappa shape index (κ3) is 3.45. The summed E-state index contributed by atoms with van der Waals surface area (Å²) in [6, 6.07) is 15.1. The number of aromatic nitrogens is 2. The van der Waals surface area contributed by atoms with Crippen LogP contribution < -0.4 is 0 Å². The number of benzene rings is 2. The Bertz CT molecular complexity index is 947. The molecule has 132 valence electrons. The smallest absolute Gasteiger partial charge is 0.164 e. The highest BCUT2D eigenvalue weighted by molar-refractivity contribution is 6.31. The lowest BCUT2D eigenvalue weighted by atomic mass is 10.1. The van der Waals surface area contributed by atoms with Crippen LogP contribution in [-0.2, 0) is 19.5 Å². The number of hydrogen-bond donors (Lipinski definition) is 0. The molecule has 1 aliphatic heterocycles. The van der Waals surface area contributed by atoms with E-state index in [2.05, 4.69) is 27.0 Å². The lowest BCUT2D eigenvalue weighted by Gasteiger charge is -2.28. The van der Waals surface area contributed by atoms with Gasteiger partial charge in [0.1, 0.15) is 5.15 Å². The maximum atomic E-state index is 14.3. The molecule has 0 spiro atoms. The molecule has 0 saturated carbocycles. The molecule has 6 heteroatoms. The quantitative estimate of drug-likeness (QED) is 0.582. The molecule has 0 unspecified atom stereocenters. The van der Waals surface area contributed by atoms with Gasteiger partial charge in [0.15, 0.2) is 11.6 Å². The zero-order valence-electron chi connectivity index (χ0n) is 13.9. The third-order valence-corrected chi connectivity index (χ3v) is 5.13. The van der Waals surface area contributed by atoms with Gasteiger partial charge in [-0.15, -0.1) is 0 Å². The Morgan fingerprint density at radius 2 is 1.81 bits per heavy atom. The van der Waals surface area contributed by atoms with Gasteiger partial charge in [0.2, 0.25) is 0 Å². The Morgan fingerprint density at radius 1 is 1.00 bits per heavy atom. The van der Waals surface area contributed by atoms with Crippen LogP contribution in [0.1, 0.15) is 16.8 Å². The molecular weight excluding hydrogens is 372 g/mol. The summed E-state index contributed by atoms with van der Waals surface area (Å²) in [5.41, 5.74) is 3.32. The molecular formula is C20H16Cl2FN3. The van der Waals surface area contributed by atoms with E-state index in [-0.39, 0.29) is 16.4 Å². The first-order valence-corrected chi connectivity index (χ1v) is 9.13. The first kappa shape index (κ1) is 17.4. The van der Waals surface area contributed by atoms with Crippen molar-refractivity contribution in [3.63, 3.8) is 0 Å². The van der Waals surface area contributed by atoms with E-state index in [1.54, 1.807) is 12.1 Å². The molecule has 2 heterocycles. The van der Waals surface area contributed by atoms with E-state index in [0.29, 0.717) is 11.7 Å². The fraction of sp³-hybridized carbons (Fsp3) is 0.200. The molecule has 0 fully saturated rings. The van der Waals surface area contributed by atoms with Crippen LogP contribution in [0.25, 0.3) is 11.4 Å². The van der Waals surface area contributed by atoms with Crippen molar-refractivity contribution in [1.29, 1.82) is 0 Å². The van der Waals surface area contributed by atoms with Crippen molar-refractivity contribution in [2.24, 2.45) is 0 Å². The summed E-state index contributed by atoms with van der Waals surface area (Å²) >= 11 is 12.3. The summed E-state index contributed by atoms with van der Waals surface area (Å²) in [7, 11) is 0. The Morgan fingerprint density at radius 3 is 2.62 bits per heavy atom. The van der Waals surface area contributed by atoms with Crippen LogP contribution in [0.3, 0.4) is 0 Å². The SMILES string of the molecule is Fc1c(Cl)cccc1-c1nc(Cl)c2c(n1)CCN(Cc1ccccc1)C2. The highest BCUT2D eigenvalue weighted by atomic mass is 35.5. The van der Waals surface area contributed by atoms with E-state index >= 15 is 0 Å². The predicted octanol–water partition coefficient (Wildman–Crippen LogP) is 5.15. The molecule has 0 atom stereocenters. The number of hydrogen-bond acceptors (Lipinski definition) is 3. The second-order valence-electron chi connectivity index (χ2n) is 6.31. The van der Waals surface area contributed by atoms with Crippen LogP contribution in [0.15, 0.2) is 48.5 Å². The largest absolute Gasteiger partial charge is 0.294 e. The zero-order chi connectivity index (χ0) is 18.1. The standard InChI is InChI=1S/C20H16Cl2FN3/c21-16-8-4-7-14(18(16)23)20-24-17-9-10-26(12-15(17)19(22)25-20)11-13-5-2-1-3-6-13/h1-8H,9-12H2. The predicted molar refractivity (Wildman–Crippen MR) is 102 cm³/mol. The fourth-order valence-corrected chi connectivity index (χ4v) is 3.63. The molecule has 0 aliphatic carbocycles. The van der Waals surface area contributed by atoms with Gasteiger partial charge >= 0.3 is 0 Å². The van der Waals surface area contributed by atoms with Crippen LogP contribution in [-0.4, -0.2) is 21.4 Å². The van der Waals surface area contributed by atoms with Crippen molar-refractivity contribution in [1.82, 2.24) is 14.9 Å². The number of fused-ring (bicyclic) bond motifs is 1. The molecule has 2 aromatic carbocycles. The number of rotatable bonds is 3. The molecule has 1 aromatic heterocycles. The lowest BCUT2D eigenvalue weighted by Crippen LogP contribution is -2.31. The van der Waals surface area contributed by atoms with Gasteiger partial charge in [-0.3, -0.25) is 4.90 Å². The molecule has 3 aromatic rings. The Hall–Kier alpha value is -2.01. The van der Waals surface area contributed by atoms with Gasteiger partial charge in [0.05, 0.1) is 16.3 Å². The van der Waals surface area contributed by atoms with Gasteiger partial charge in [-0.25, -0.2) is 14.4 Å². The molecule has 0 N–H and O–H groups in total. The third-order valence-electron chi connectivity index (χ3n) is 4.53. The van der Waals surface area contributed by atoms with E-state index in [4.69, 9.17) is 23.2 Å². The molecule has 4 rings (SSSR count). The summed E-state index contributed by atoms with van der Waals surface area (Å²) in [6.07, 6.45) is 0.750. The van der Waals surface area contributed by atoms with Crippen molar-refractivity contribution in [3.8, 4) is 11.4 Å². The van der Waals surface area contributed by atoms with Crippen LogP contribution in [0, 0.1) is 5.82 Å². The molecule has 3 nitrogen and oxygen atoms in total. The summed E-state index contributed by atoms with van der Waals surface area (Å²) in [5, 5.41) is 0.427. The van der Waals surface area contributed by atoms with Crippen molar-refractivity contribution in [2.45, 2.75) is 19.5 Å². The van der Waals surface area contributed by atoms with Crippen LogP contribution in [0.2, 0.25) is 10.2 Å². The monoisotopic (exact) mass is 387 g/mol. The average molecular weight is 388 g/mol. The minimum absolute atomic E-state index is 0.0500. The molecule has 0 bridgehead atoms. The van der Waals surface area contributed by atoms with Gasteiger partial charge in [-0.2, -0.15) is 0 Å². The molecule has 0 radical (unpaired) electrons. The average Bonchev–Trinajstić information content (AvgIpc) is 2.65. The first-order chi connectivity index (χ1) is 12.6. The fourth-order valence-electron chi connectivity index (χ4n) is 3.20. The second-order valence-corrected chi connectivity index (χ2v) is 7.08. The van der Waals surface area contributed by atoms with Gasteiger partial charge in [-0.05, 0) is 17.7 Å². The molecule has 26 heavy (non-hydrogen) atoms. The minimum Gasteiger partial charge on any atom is -0.294 e. The molecule has 1 aliphatic rings. The molecule has 0 saturated heterocycles. The second kappa shape index (κ2) is 7.31. The number of halogens is 3. The maximum absolute atomic E-state index is 14.3. The Balaban J connectivity index is 1.62. The van der Waals surface area contributed by atoms with Crippen LogP contribution in [0.5, 0.6) is 0 Å². The van der Waals surface area contributed by atoms with E-state index < -0.39 is 5.82 Å². The van der Waals surface area contributed by atoms with E-state index in [1.165, 1.54) is 11.6 Å². The summed E-state index contributed by atoms with van der Waals surface area (Å²) in [5.74, 6) is -0.239. The lowest BCUT2D eigenvalue weighted by molar-refractivity contribution is 0.243. The highest BCUT2D eigenvalue weighted by Gasteiger charge is 2.23. The van der Waals surface area contributed by atoms with Crippen molar-refractivity contribution in [3.05, 3.63) is 81.3 Å². The van der Waals surface area contributed by atoms with Gasteiger partial charge in [0.25, 0.3) is 0 Å². The molecule has 0 amide bonds. The van der Waals surface area contributed by atoms with E-state index in [0.717, 1.165) is 30.8 Å². The van der Waals surface area contributed by atoms with Crippen LogP contribution in [0.4, 0.5) is 4.39 Å². The van der Waals surface area contributed by atoms with Gasteiger partial charge in [-0.1, -0.05) is 59.6 Å². The zero-order valence-corrected chi connectivity index (χ0v) is 15.4. The topological polar surface area (TPSA) is 29.0 Å². The van der Waals surface area contributed by atoms with Crippen molar-refractivity contribution >= 4 is 23.2 Å². The minimum atomic E-state index is -0.522. The maximum Gasteiger partial charge on any atom is 0.164 e. The Labute approximate surface area is 161 Å². The van der Waals surface area contributed by atoms with E-state index in [1.807, 2.05) is 18.2 Å². The van der Waals surface area contributed by atoms with Crippen LogP contribution >= 0.6 is 23.2 Å². The normalized spacial score (nSPS) is 14.3. The van der Waals surface area contributed by atoms with Gasteiger partial charge < -0.3 is 0 Å². The van der Waals surface area contributed by atoms with Crippen molar-refractivity contribution < 1.29 is 4.39 Å². The van der Waals surface area contributed by atoms with Gasteiger partial charge in [0, 0.05) is 31.6 Å². The highest BCUT2D eigenvalue weighted by Crippen LogP contribution is 2.30. The summed E-state index contributed by atoms with van der Waals surface area (Å²) in [6.45, 7) is 2.40. The summed E-state index contributed by atoms with van der Waals surface area (Å²) < 4.78 is 14.3. The number of nitrogens with zero attached hydrogens (tertiary/aromatic N) is 3. The summed E-state index contributed by atoms with van der Waals surface area (Å²) in [4.78, 5) is 11.2.